The summed E-state index contributed by atoms with van der Waals surface area (Å²) in [5.41, 5.74) is 9.35. The Morgan fingerprint density at radius 2 is 1.91 bits per heavy atom. The zero-order valence-corrected chi connectivity index (χ0v) is 36.2. The van der Waals surface area contributed by atoms with Gasteiger partial charge in [-0.15, -0.1) is 11.3 Å². The number of esters is 1. The van der Waals surface area contributed by atoms with Crippen LogP contribution in [0.15, 0.2) is 41.9 Å². The fourth-order valence-electron chi connectivity index (χ4n) is 8.18. The molecule has 4 amide bonds. The number of carbonyl (C=O) groups is 4. The number of likely N-dealkylation sites (N-methyl/N-ethyl adjacent to an activating group) is 1. The largest absolute Gasteiger partial charge is 0.464 e. The predicted molar refractivity (Wildman–Crippen MR) is 225 cm³/mol. The van der Waals surface area contributed by atoms with Crippen LogP contribution < -0.4 is 10.7 Å². The van der Waals surface area contributed by atoms with Crippen LogP contribution in [0.4, 0.5) is 4.79 Å². The van der Waals surface area contributed by atoms with Gasteiger partial charge in [0, 0.05) is 86.8 Å². The van der Waals surface area contributed by atoms with Crippen LogP contribution in [-0.4, -0.2) is 113 Å². The quantitative estimate of drug-likeness (QED) is 0.209. The number of fused-ring (bicyclic) bond motifs is 6. The number of methoxy groups -OCH3 is 1. The second kappa shape index (κ2) is 17.6. The lowest BCUT2D eigenvalue weighted by Gasteiger charge is -2.36. The van der Waals surface area contributed by atoms with Crippen LogP contribution in [0.25, 0.3) is 33.4 Å². The van der Waals surface area contributed by atoms with E-state index in [0.717, 1.165) is 44.7 Å². The molecule has 4 aromatic rings. The number of aromatic nitrogens is 3. The minimum Gasteiger partial charge on any atom is -0.464 e. The van der Waals surface area contributed by atoms with Crippen molar-refractivity contribution in [2.75, 3.05) is 41.4 Å². The van der Waals surface area contributed by atoms with Crippen LogP contribution in [0.2, 0.25) is 0 Å². The lowest BCUT2D eigenvalue weighted by atomic mass is 9.84. The standard InChI is InChI=1S/C43H58N8O6S/c1-11-50-34-17-16-27-20-29(34)30(38(50)28-14-12-18-44-36(28)26(4)56-10)22-43(5,6)24-57-41(54)31-15-13-19-51(47-31)40(53)32(21-35-45-33(27)23-58-35)46-39(52)37(25(2)3)49(9)42(55)48(7)8/h12,14,16-18,20,23,25-26,31-32,37,47H,11,13,15,19,21-22,24H2,1-10H3,(H,46,52)/t26-,31-,32-,37-/m0/s1. The van der Waals surface area contributed by atoms with Crippen molar-refractivity contribution in [3.8, 4) is 22.5 Å². The van der Waals surface area contributed by atoms with E-state index >= 15 is 0 Å². The van der Waals surface area contributed by atoms with Crippen LogP contribution in [0.3, 0.4) is 0 Å². The maximum Gasteiger partial charge on any atom is 0.324 e. The SMILES string of the molecule is CCn1c(-c2cccnc2[C@H](C)OC)c2c3cc(ccc31)-c1csc(n1)C[C@H](NC(=O)[C@H](C(C)C)N(C)C(=O)N(C)C)C(=O)N1CCC[C@H](N1)C(=O)OCC(C)(C)C2. The number of pyridine rings is 1. The summed E-state index contributed by atoms with van der Waals surface area (Å²) in [5, 5.41) is 8.11. The first-order valence-corrected chi connectivity index (χ1v) is 21.0. The molecule has 3 aromatic heterocycles. The minimum absolute atomic E-state index is 0.109. The van der Waals surface area contributed by atoms with E-state index in [1.807, 2.05) is 32.2 Å². The van der Waals surface area contributed by atoms with Gasteiger partial charge in [-0.2, -0.15) is 0 Å². The van der Waals surface area contributed by atoms with Crippen molar-refractivity contribution in [2.45, 2.75) is 98.0 Å². The summed E-state index contributed by atoms with van der Waals surface area (Å²) in [6.07, 6.45) is 3.30. The van der Waals surface area contributed by atoms with E-state index < -0.39 is 41.3 Å². The Morgan fingerprint density at radius 1 is 1.16 bits per heavy atom. The molecule has 1 saturated heterocycles. The first-order chi connectivity index (χ1) is 27.5. The highest BCUT2D eigenvalue weighted by atomic mass is 32.1. The van der Waals surface area contributed by atoms with E-state index in [1.165, 1.54) is 26.1 Å². The van der Waals surface area contributed by atoms with Gasteiger partial charge in [0.1, 0.15) is 18.1 Å². The van der Waals surface area contributed by atoms with Gasteiger partial charge in [0.05, 0.1) is 34.8 Å². The van der Waals surface area contributed by atoms with E-state index in [4.69, 9.17) is 19.4 Å². The molecule has 0 radical (unpaired) electrons. The van der Waals surface area contributed by atoms with Gasteiger partial charge >= 0.3 is 12.0 Å². The van der Waals surface area contributed by atoms with Crippen molar-refractivity contribution in [1.29, 1.82) is 0 Å². The summed E-state index contributed by atoms with van der Waals surface area (Å²) < 4.78 is 14.2. The lowest BCUT2D eigenvalue weighted by molar-refractivity contribution is -0.155. The Morgan fingerprint density at radius 3 is 2.60 bits per heavy atom. The smallest absolute Gasteiger partial charge is 0.324 e. The molecule has 15 heteroatoms. The van der Waals surface area contributed by atoms with Gasteiger partial charge in [0.15, 0.2) is 0 Å². The summed E-state index contributed by atoms with van der Waals surface area (Å²) in [5.74, 6) is -1.54. The molecule has 2 aliphatic heterocycles. The van der Waals surface area contributed by atoms with Gasteiger partial charge in [-0.25, -0.2) is 15.2 Å². The zero-order chi connectivity index (χ0) is 42.1. The zero-order valence-electron chi connectivity index (χ0n) is 35.4. The van der Waals surface area contributed by atoms with Crippen molar-refractivity contribution in [2.24, 2.45) is 11.3 Å². The van der Waals surface area contributed by atoms with Crippen LogP contribution in [0.1, 0.15) is 76.8 Å². The Hall–Kier alpha value is -4.86. The normalized spacial score (nSPS) is 19.7. The van der Waals surface area contributed by atoms with Crippen LogP contribution in [-0.2, 0) is 43.2 Å². The van der Waals surface area contributed by atoms with E-state index in [2.05, 4.69) is 60.3 Å². The number of nitrogens with one attached hydrogen (secondary N) is 2. The average molecular weight is 815 g/mol. The number of nitrogens with zero attached hydrogens (tertiary/aromatic N) is 6. The monoisotopic (exact) mass is 814 g/mol. The molecule has 6 rings (SSSR count). The Labute approximate surface area is 345 Å². The lowest BCUT2D eigenvalue weighted by Crippen LogP contribution is -2.62. The minimum atomic E-state index is -1.03. The number of urea groups is 1. The van der Waals surface area contributed by atoms with Crippen molar-refractivity contribution < 1.29 is 28.7 Å². The third-order valence-electron chi connectivity index (χ3n) is 11.2. The van der Waals surface area contributed by atoms with E-state index in [0.29, 0.717) is 37.4 Å². The topological polar surface area (TPSA) is 151 Å². The number of cyclic esters (lactones) is 1. The van der Waals surface area contributed by atoms with E-state index in [1.54, 1.807) is 34.4 Å². The van der Waals surface area contributed by atoms with Gasteiger partial charge < -0.3 is 29.2 Å². The first-order valence-electron chi connectivity index (χ1n) is 20.1. The third-order valence-corrected chi connectivity index (χ3v) is 12.0. The first kappa shape index (κ1) is 42.7. The molecule has 58 heavy (non-hydrogen) atoms. The number of aryl methyl sites for hydroxylation is 1. The van der Waals surface area contributed by atoms with E-state index in [-0.39, 0.29) is 31.1 Å². The molecule has 0 unspecified atom stereocenters. The second-order valence-corrected chi connectivity index (χ2v) is 17.7. The maximum absolute atomic E-state index is 14.4. The van der Waals surface area contributed by atoms with E-state index in [9.17, 15) is 19.2 Å². The molecule has 0 spiro atoms. The van der Waals surface area contributed by atoms with Gasteiger partial charge in [0.25, 0.3) is 5.91 Å². The summed E-state index contributed by atoms with van der Waals surface area (Å²) in [7, 11) is 6.53. The molecule has 4 atom stereocenters. The number of rotatable bonds is 8. The van der Waals surface area contributed by atoms with Crippen molar-refractivity contribution in [3.05, 3.63) is 58.2 Å². The predicted octanol–water partition coefficient (Wildman–Crippen LogP) is 5.84. The third kappa shape index (κ3) is 8.76. The summed E-state index contributed by atoms with van der Waals surface area (Å²) in [4.78, 5) is 67.8. The molecule has 2 N–H and O–H groups in total. The molecule has 2 aliphatic rings. The molecule has 0 saturated carbocycles. The maximum atomic E-state index is 14.4. The van der Waals surface area contributed by atoms with Gasteiger partial charge in [0.2, 0.25) is 5.91 Å². The molecule has 5 heterocycles. The number of amides is 4. The molecule has 312 valence electrons. The van der Waals surface area contributed by atoms with Crippen molar-refractivity contribution in [3.63, 3.8) is 0 Å². The molecule has 1 aromatic carbocycles. The molecular formula is C43H58N8O6S. The molecular weight excluding hydrogens is 757 g/mol. The summed E-state index contributed by atoms with van der Waals surface area (Å²) >= 11 is 1.42. The van der Waals surface area contributed by atoms with Crippen LogP contribution >= 0.6 is 11.3 Å². The molecule has 14 nitrogen and oxygen atoms in total. The van der Waals surface area contributed by atoms with Crippen molar-refractivity contribution >= 4 is 46.1 Å². The number of hydrogen-bond acceptors (Lipinski definition) is 10. The van der Waals surface area contributed by atoms with Gasteiger partial charge in [-0.1, -0.05) is 33.8 Å². The highest BCUT2D eigenvalue weighted by molar-refractivity contribution is 7.10. The number of hydrazine groups is 1. The highest BCUT2D eigenvalue weighted by Gasteiger charge is 2.38. The second-order valence-electron chi connectivity index (χ2n) is 16.7. The number of ether oxygens (including phenoxy) is 2. The number of thiazole rings is 1. The Balaban J connectivity index is 1.47. The summed E-state index contributed by atoms with van der Waals surface area (Å²) in [6.45, 7) is 13.3. The van der Waals surface area contributed by atoms with Crippen LogP contribution in [0.5, 0.6) is 0 Å². The molecule has 1 fully saturated rings. The molecule has 0 aliphatic carbocycles. The number of carbonyl (C=O) groups excluding carboxylic acids is 4. The van der Waals surface area contributed by atoms with Gasteiger partial charge in [-0.3, -0.25) is 24.4 Å². The molecule has 6 bridgehead atoms. The summed E-state index contributed by atoms with van der Waals surface area (Å²) in [6, 6.07) is 7.47. The van der Waals surface area contributed by atoms with Crippen molar-refractivity contribution in [1.82, 2.24) is 40.1 Å². The fraction of sp³-hybridized carbons (Fsp3) is 0.535. The van der Waals surface area contributed by atoms with Crippen LogP contribution in [0, 0.1) is 11.3 Å². The Kier molecular flexibility index (Phi) is 12.9. The fourth-order valence-corrected chi connectivity index (χ4v) is 9.03. The Bertz CT molecular complexity index is 2160. The number of benzene rings is 1. The highest BCUT2D eigenvalue weighted by Crippen LogP contribution is 2.42. The average Bonchev–Trinajstić information content (AvgIpc) is 3.79. The number of hydrogen-bond donors (Lipinski definition) is 2. The van der Waals surface area contributed by atoms with Gasteiger partial charge in [-0.05, 0) is 68.9 Å².